The third-order valence-electron chi connectivity index (χ3n) is 5.41. The van der Waals surface area contributed by atoms with Crippen molar-refractivity contribution in [2.75, 3.05) is 6.54 Å². The maximum absolute atomic E-state index is 13.1. The molecule has 0 spiro atoms. The lowest BCUT2D eigenvalue weighted by molar-refractivity contribution is -0.130. The van der Waals surface area contributed by atoms with Crippen molar-refractivity contribution in [1.82, 2.24) is 4.90 Å². The monoisotopic (exact) mass is 406 g/mol. The average molecular weight is 406 g/mol. The fraction of sp³-hybridized carbons (Fsp3) is 0.391. The van der Waals surface area contributed by atoms with Gasteiger partial charge < -0.3 is 4.74 Å². The summed E-state index contributed by atoms with van der Waals surface area (Å²) >= 11 is 0. The maximum atomic E-state index is 13.1. The Hall–Kier alpha value is -3.31. The Morgan fingerprint density at radius 3 is 2.17 bits per heavy atom. The summed E-state index contributed by atoms with van der Waals surface area (Å²) in [4.78, 5) is 30.1. The number of rotatable bonds is 8. The molecular formula is C23H26N4O3. The second kappa shape index (κ2) is 9.46. The van der Waals surface area contributed by atoms with Crippen molar-refractivity contribution >= 4 is 12.0 Å². The van der Waals surface area contributed by atoms with Gasteiger partial charge in [-0.3, -0.25) is 4.79 Å². The van der Waals surface area contributed by atoms with E-state index in [1.165, 1.54) is 4.90 Å². The highest BCUT2D eigenvalue weighted by atomic mass is 16.6. The molecule has 0 N–H and O–H groups in total. The zero-order valence-electron chi connectivity index (χ0n) is 17.3. The first-order valence-electron chi connectivity index (χ1n) is 10.2. The van der Waals surface area contributed by atoms with Crippen LogP contribution in [0.15, 0.2) is 65.8 Å². The molecule has 2 amide bonds. The largest absolute Gasteiger partial charge is 0.430 e. The zero-order valence-corrected chi connectivity index (χ0v) is 17.3. The van der Waals surface area contributed by atoms with Crippen LogP contribution < -0.4 is 0 Å². The fourth-order valence-corrected chi connectivity index (χ4v) is 4.19. The number of imide groups is 1. The molecule has 0 bridgehead atoms. The smallest absolute Gasteiger partial charge is 0.418 e. The Balaban J connectivity index is 2.00. The second-order valence-corrected chi connectivity index (χ2v) is 7.70. The van der Waals surface area contributed by atoms with Crippen LogP contribution in [0.5, 0.6) is 0 Å². The molecule has 1 saturated heterocycles. The van der Waals surface area contributed by atoms with Crippen LogP contribution in [0.4, 0.5) is 4.79 Å². The first-order valence-corrected chi connectivity index (χ1v) is 10.2. The number of benzene rings is 2. The number of nitrogens with zero attached hydrogens (tertiary/aromatic N) is 4. The summed E-state index contributed by atoms with van der Waals surface area (Å²) in [7, 11) is 0. The highest BCUT2D eigenvalue weighted by molar-refractivity contribution is 5.94. The topological polar surface area (TPSA) is 95.4 Å². The fourth-order valence-electron chi connectivity index (χ4n) is 4.19. The van der Waals surface area contributed by atoms with E-state index >= 15 is 0 Å². The molecule has 3 rings (SSSR count). The predicted octanol–water partition coefficient (Wildman–Crippen LogP) is 5.41. The average Bonchev–Trinajstić information content (AvgIpc) is 3.09. The molecule has 1 atom stereocenters. The van der Waals surface area contributed by atoms with E-state index in [0.29, 0.717) is 19.4 Å². The van der Waals surface area contributed by atoms with Gasteiger partial charge in [-0.05, 0) is 24.3 Å². The lowest BCUT2D eigenvalue weighted by Crippen LogP contribution is -2.49. The van der Waals surface area contributed by atoms with E-state index < -0.39 is 17.7 Å². The number of carbonyl (C=O) groups is 2. The molecule has 1 fully saturated rings. The Morgan fingerprint density at radius 1 is 1.10 bits per heavy atom. The van der Waals surface area contributed by atoms with Gasteiger partial charge in [0.2, 0.25) is 5.91 Å². The third-order valence-corrected chi connectivity index (χ3v) is 5.41. The van der Waals surface area contributed by atoms with Gasteiger partial charge in [0, 0.05) is 29.0 Å². The van der Waals surface area contributed by atoms with E-state index in [0.717, 1.165) is 11.1 Å². The summed E-state index contributed by atoms with van der Waals surface area (Å²) in [6.45, 7) is 4.32. The first-order chi connectivity index (χ1) is 14.5. The van der Waals surface area contributed by atoms with Crippen molar-refractivity contribution in [2.45, 2.75) is 44.8 Å². The molecule has 0 saturated carbocycles. The van der Waals surface area contributed by atoms with Gasteiger partial charge in [-0.2, -0.15) is 0 Å². The molecule has 7 heteroatoms. The number of unbranched alkanes of at least 4 members (excludes halogenated alkanes) is 1. The minimum absolute atomic E-state index is 0.0380. The number of carbonyl (C=O) groups excluding carboxylic acids is 2. The van der Waals surface area contributed by atoms with Crippen LogP contribution >= 0.6 is 0 Å². The summed E-state index contributed by atoms with van der Waals surface area (Å²) in [5.74, 6) is -0.308. The normalized spacial score (nSPS) is 17.5. The molecule has 0 aliphatic carbocycles. The lowest BCUT2D eigenvalue weighted by Gasteiger charge is -2.37. The van der Waals surface area contributed by atoms with Gasteiger partial charge in [-0.1, -0.05) is 79.6 Å². The lowest BCUT2D eigenvalue weighted by atomic mass is 9.75. The Bertz CT molecular complexity index is 884. The quantitative estimate of drug-likeness (QED) is 0.254. The molecular weight excluding hydrogens is 380 g/mol. The van der Waals surface area contributed by atoms with Crippen LogP contribution in [0, 0.1) is 5.92 Å². The number of amides is 2. The maximum Gasteiger partial charge on any atom is 0.418 e. The molecule has 0 unspecified atom stereocenters. The van der Waals surface area contributed by atoms with Gasteiger partial charge >= 0.3 is 6.09 Å². The molecule has 0 radical (unpaired) electrons. The molecule has 2 aromatic rings. The van der Waals surface area contributed by atoms with Crippen molar-refractivity contribution < 1.29 is 14.3 Å². The second-order valence-electron chi connectivity index (χ2n) is 7.70. The number of cyclic esters (lactones) is 1. The van der Waals surface area contributed by atoms with Crippen LogP contribution in [-0.4, -0.2) is 29.5 Å². The summed E-state index contributed by atoms with van der Waals surface area (Å²) in [6.07, 6.45) is 0.698. The molecule has 7 nitrogen and oxygen atoms in total. The van der Waals surface area contributed by atoms with Gasteiger partial charge in [0.05, 0.1) is 6.04 Å². The Morgan fingerprint density at radius 2 is 1.67 bits per heavy atom. The third kappa shape index (κ3) is 4.02. The molecule has 1 aliphatic heterocycles. The molecule has 2 aromatic carbocycles. The van der Waals surface area contributed by atoms with Crippen LogP contribution in [0.3, 0.4) is 0 Å². The highest BCUT2D eigenvalue weighted by Crippen LogP contribution is 2.47. The number of hydrogen-bond acceptors (Lipinski definition) is 4. The standard InChI is InChI=1S/C23H26N4O3/c1-17(2)21-23(18-11-5-3-6-12-18,19-13-7-4-8-14-19)30-22(29)27(21)20(28)15-9-10-16-25-26-24/h3-8,11-14,17,21H,9-10,15-16H2,1-2H3/t21-/m1/s1. The van der Waals surface area contributed by atoms with E-state index in [4.69, 9.17) is 10.3 Å². The number of azide groups is 1. The van der Waals surface area contributed by atoms with E-state index in [1.54, 1.807) is 0 Å². The zero-order chi connectivity index (χ0) is 21.6. The SMILES string of the molecule is CC(C)[C@H]1N(C(=O)CCCCN=[N+]=[N-])C(=O)OC1(c1ccccc1)c1ccccc1. The van der Waals surface area contributed by atoms with Gasteiger partial charge in [0.15, 0.2) is 5.60 Å². The van der Waals surface area contributed by atoms with Crippen LogP contribution in [0.25, 0.3) is 10.4 Å². The van der Waals surface area contributed by atoms with Crippen molar-refractivity contribution in [3.63, 3.8) is 0 Å². The van der Waals surface area contributed by atoms with Crippen LogP contribution in [-0.2, 0) is 15.1 Å². The van der Waals surface area contributed by atoms with Gasteiger partial charge in [-0.15, -0.1) is 0 Å². The summed E-state index contributed by atoms with van der Waals surface area (Å²) in [6, 6.07) is 18.7. The summed E-state index contributed by atoms with van der Waals surface area (Å²) < 4.78 is 6.07. The van der Waals surface area contributed by atoms with Crippen molar-refractivity contribution in [3.05, 3.63) is 82.2 Å². The van der Waals surface area contributed by atoms with Gasteiger partial charge in [-0.25, -0.2) is 9.69 Å². The Kier molecular flexibility index (Phi) is 6.75. The Labute approximate surface area is 176 Å². The number of hydrogen-bond donors (Lipinski definition) is 0. The van der Waals surface area contributed by atoms with Crippen LogP contribution in [0.1, 0.15) is 44.2 Å². The van der Waals surface area contributed by atoms with Gasteiger partial charge in [0.1, 0.15) is 0 Å². The highest BCUT2D eigenvalue weighted by Gasteiger charge is 2.59. The van der Waals surface area contributed by atoms with Crippen molar-refractivity contribution in [3.8, 4) is 0 Å². The van der Waals surface area contributed by atoms with Crippen molar-refractivity contribution in [1.29, 1.82) is 0 Å². The van der Waals surface area contributed by atoms with E-state index in [1.807, 2.05) is 74.5 Å². The molecule has 156 valence electrons. The molecule has 1 aliphatic rings. The van der Waals surface area contributed by atoms with Gasteiger partial charge in [0.25, 0.3) is 0 Å². The predicted molar refractivity (Wildman–Crippen MR) is 113 cm³/mol. The molecule has 0 aromatic heterocycles. The van der Waals surface area contributed by atoms with E-state index in [-0.39, 0.29) is 18.2 Å². The van der Waals surface area contributed by atoms with E-state index in [2.05, 4.69) is 10.0 Å². The van der Waals surface area contributed by atoms with Crippen molar-refractivity contribution in [2.24, 2.45) is 11.0 Å². The van der Waals surface area contributed by atoms with Crippen LogP contribution in [0.2, 0.25) is 0 Å². The number of ether oxygens (including phenoxy) is 1. The minimum atomic E-state index is -1.07. The summed E-state index contributed by atoms with van der Waals surface area (Å²) in [5, 5.41) is 3.49. The summed E-state index contributed by atoms with van der Waals surface area (Å²) in [5.41, 5.74) is 8.97. The van der Waals surface area contributed by atoms with E-state index in [9.17, 15) is 9.59 Å². The minimum Gasteiger partial charge on any atom is -0.430 e. The molecule has 30 heavy (non-hydrogen) atoms. The molecule has 1 heterocycles. The first kappa shape index (κ1) is 21.4.